The third kappa shape index (κ3) is 4.66. The number of carboxylic acid groups (broad SMARTS) is 1. The van der Waals surface area contributed by atoms with Crippen molar-refractivity contribution in [2.24, 2.45) is 0 Å². The molecule has 0 bridgehead atoms. The van der Waals surface area contributed by atoms with Crippen molar-refractivity contribution >= 4 is 37.6 Å². The summed E-state index contributed by atoms with van der Waals surface area (Å²) in [7, 11) is -3.51. The summed E-state index contributed by atoms with van der Waals surface area (Å²) in [5.74, 6) is -1.21. The summed E-state index contributed by atoms with van der Waals surface area (Å²) in [5, 5.41) is 8.46. The summed E-state index contributed by atoms with van der Waals surface area (Å²) in [6.45, 7) is 1.85. The Morgan fingerprint density at radius 3 is 2.72 bits per heavy atom. The highest BCUT2D eigenvalue weighted by atomic mass is 79.9. The number of carboxylic acids is 1. The van der Waals surface area contributed by atoms with Crippen LogP contribution >= 0.6 is 15.9 Å². The molecule has 0 saturated carbocycles. The topological polar surface area (TPSA) is 83.5 Å². The van der Waals surface area contributed by atoms with Crippen LogP contribution in [0.2, 0.25) is 0 Å². The summed E-state index contributed by atoms with van der Waals surface area (Å²) in [4.78, 5) is 10.3. The van der Waals surface area contributed by atoms with E-state index in [9.17, 15) is 13.2 Å². The van der Waals surface area contributed by atoms with Crippen LogP contribution in [0.1, 0.15) is 18.4 Å². The van der Waals surface area contributed by atoms with E-state index in [2.05, 4.69) is 20.7 Å². The van der Waals surface area contributed by atoms with Crippen molar-refractivity contribution < 1.29 is 18.3 Å². The van der Waals surface area contributed by atoms with Gasteiger partial charge in [0.15, 0.2) is 0 Å². The molecule has 2 N–H and O–H groups in total. The van der Waals surface area contributed by atoms with Crippen molar-refractivity contribution in [3.63, 3.8) is 0 Å². The van der Waals surface area contributed by atoms with Gasteiger partial charge in [0.1, 0.15) is 0 Å². The zero-order chi connectivity index (χ0) is 13.8. The number of nitrogens with one attached hydrogen (secondary N) is 1. The average Bonchev–Trinajstić information content (AvgIpc) is 2.23. The van der Waals surface area contributed by atoms with Gasteiger partial charge in [-0.25, -0.2) is 8.42 Å². The van der Waals surface area contributed by atoms with Gasteiger partial charge in [0.25, 0.3) is 0 Å². The van der Waals surface area contributed by atoms with Crippen molar-refractivity contribution in [2.75, 3.05) is 10.5 Å². The Hall–Kier alpha value is -1.08. The fourth-order valence-electron chi connectivity index (χ4n) is 1.36. The lowest BCUT2D eigenvalue weighted by Crippen LogP contribution is -2.17. The molecule has 0 aliphatic carbocycles. The SMILES string of the molecule is Cc1cccc(NS(=O)(=O)CCCC(=O)O)c1Br. The van der Waals surface area contributed by atoms with E-state index >= 15 is 0 Å². The lowest BCUT2D eigenvalue weighted by Gasteiger charge is -2.10. The molecular formula is C11H14BrNO4S. The summed E-state index contributed by atoms with van der Waals surface area (Å²) in [6.07, 6.45) is -0.0655. The van der Waals surface area contributed by atoms with Crippen molar-refractivity contribution in [3.8, 4) is 0 Å². The van der Waals surface area contributed by atoms with E-state index in [1.165, 1.54) is 0 Å². The third-order valence-electron chi connectivity index (χ3n) is 2.26. The van der Waals surface area contributed by atoms with Crippen LogP contribution in [0.25, 0.3) is 0 Å². The van der Waals surface area contributed by atoms with Crippen molar-refractivity contribution in [2.45, 2.75) is 19.8 Å². The van der Waals surface area contributed by atoms with Crippen LogP contribution in [0.15, 0.2) is 22.7 Å². The molecule has 0 aromatic heterocycles. The average molecular weight is 336 g/mol. The number of anilines is 1. The molecule has 100 valence electrons. The first-order valence-electron chi connectivity index (χ1n) is 5.29. The van der Waals surface area contributed by atoms with Crippen LogP contribution in [0.3, 0.4) is 0 Å². The second kappa shape index (κ2) is 6.19. The number of rotatable bonds is 6. The molecule has 0 aliphatic rings. The Morgan fingerprint density at radius 2 is 2.11 bits per heavy atom. The molecule has 1 rings (SSSR count). The molecule has 0 aliphatic heterocycles. The molecule has 0 spiro atoms. The summed E-state index contributed by atoms with van der Waals surface area (Å²) in [5.41, 5.74) is 1.38. The van der Waals surface area contributed by atoms with Gasteiger partial charge < -0.3 is 5.11 Å². The highest BCUT2D eigenvalue weighted by molar-refractivity contribution is 9.10. The van der Waals surface area contributed by atoms with Crippen LogP contribution in [0.4, 0.5) is 5.69 Å². The summed E-state index contributed by atoms with van der Waals surface area (Å²) >= 11 is 3.30. The smallest absolute Gasteiger partial charge is 0.303 e. The number of aryl methyl sites for hydroxylation is 1. The fourth-order valence-corrected chi connectivity index (χ4v) is 2.98. The van der Waals surface area contributed by atoms with Gasteiger partial charge in [0, 0.05) is 10.9 Å². The molecule has 7 heteroatoms. The molecule has 1 aromatic carbocycles. The second-order valence-corrected chi connectivity index (χ2v) is 6.49. The predicted molar refractivity (Wildman–Crippen MR) is 73.2 cm³/mol. The van der Waals surface area contributed by atoms with E-state index < -0.39 is 16.0 Å². The van der Waals surface area contributed by atoms with E-state index in [0.717, 1.165) is 5.56 Å². The molecule has 18 heavy (non-hydrogen) atoms. The van der Waals surface area contributed by atoms with Gasteiger partial charge in [-0.05, 0) is 40.9 Å². The number of aliphatic carboxylic acids is 1. The van der Waals surface area contributed by atoms with Crippen molar-refractivity contribution in [1.82, 2.24) is 0 Å². The molecule has 0 heterocycles. The first kappa shape index (κ1) is 15.0. The van der Waals surface area contributed by atoms with Gasteiger partial charge in [-0.3, -0.25) is 9.52 Å². The standard InChI is InChI=1S/C11H14BrNO4S/c1-8-4-2-5-9(11(8)12)13-18(16,17)7-3-6-10(14)15/h2,4-5,13H,3,6-7H2,1H3,(H,14,15). The van der Waals surface area contributed by atoms with Gasteiger partial charge in [-0.2, -0.15) is 0 Å². The van der Waals surface area contributed by atoms with Gasteiger partial charge >= 0.3 is 5.97 Å². The Labute approximate surface area is 114 Å². The molecule has 5 nitrogen and oxygen atoms in total. The highest BCUT2D eigenvalue weighted by Crippen LogP contribution is 2.26. The Bertz CT molecular complexity index is 542. The van der Waals surface area contributed by atoms with Gasteiger partial charge in [0.05, 0.1) is 11.4 Å². The molecular weight excluding hydrogens is 322 g/mol. The number of hydrogen-bond acceptors (Lipinski definition) is 3. The fraction of sp³-hybridized carbons (Fsp3) is 0.364. The predicted octanol–water partition coefficient (Wildman–Crippen LogP) is 2.36. The van der Waals surface area contributed by atoms with Gasteiger partial charge in [-0.1, -0.05) is 12.1 Å². The normalized spacial score (nSPS) is 11.2. The van der Waals surface area contributed by atoms with Crippen LogP contribution in [-0.2, 0) is 14.8 Å². The second-order valence-electron chi connectivity index (χ2n) is 3.85. The van der Waals surface area contributed by atoms with E-state index in [1.807, 2.05) is 13.0 Å². The number of halogens is 1. The van der Waals surface area contributed by atoms with Crippen molar-refractivity contribution in [3.05, 3.63) is 28.2 Å². The molecule has 0 amide bonds. The molecule has 0 radical (unpaired) electrons. The van der Waals surface area contributed by atoms with Crippen LogP contribution in [-0.4, -0.2) is 25.2 Å². The minimum absolute atomic E-state index is 0.0914. The van der Waals surface area contributed by atoms with E-state index in [4.69, 9.17) is 5.11 Å². The minimum atomic E-state index is -3.51. The maximum Gasteiger partial charge on any atom is 0.303 e. The lowest BCUT2D eigenvalue weighted by molar-refractivity contribution is -0.137. The first-order valence-corrected chi connectivity index (χ1v) is 7.74. The summed E-state index contributed by atoms with van der Waals surface area (Å²) in [6, 6.07) is 5.24. The quantitative estimate of drug-likeness (QED) is 0.835. The lowest BCUT2D eigenvalue weighted by atomic mass is 10.2. The zero-order valence-electron chi connectivity index (χ0n) is 9.81. The highest BCUT2D eigenvalue weighted by Gasteiger charge is 2.13. The maximum atomic E-state index is 11.7. The number of hydrogen-bond donors (Lipinski definition) is 2. The largest absolute Gasteiger partial charge is 0.481 e. The molecule has 0 unspecified atom stereocenters. The Kier molecular flexibility index (Phi) is 5.15. The van der Waals surface area contributed by atoms with E-state index in [-0.39, 0.29) is 18.6 Å². The monoisotopic (exact) mass is 335 g/mol. The van der Waals surface area contributed by atoms with E-state index in [1.54, 1.807) is 12.1 Å². The van der Waals surface area contributed by atoms with Gasteiger partial charge in [0.2, 0.25) is 10.0 Å². The first-order chi connectivity index (χ1) is 8.32. The van der Waals surface area contributed by atoms with Crippen LogP contribution < -0.4 is 4.72 Å². The number of sulfonamides is 1. The maximum absolute atomic E-state index is 11.7. The molecule has 1 aromatic rings. The van der Waals surface area contributed by atoms with E-state index in [0.29, 0.717) is 10.2 Å². The Balaban J connectivity index is 2.71. The number of benzene rings is 1. The molecule has 0 atom stereocenters. The minimum Gasteiger partial charge on any atom is -0.481 e. The molecule has 0 fully saturated rings. The summed E-state index contributed by atoms with van der Waals surface area (Å²) < 4.78 is 26.6. The third-order valence-corrected chi connectivity index (χ3v) is 4.67. The molecule has 0 saturated heterocycles. The van der Waals surface area contributed by atoms with Crippen LogP contribution in [0, 0.1) is 6.92 Å². The van der Waals surface area contributed by atoms with Crippen LogP contribution in [0.5, 0.6) is 0 Å². The Morgan fingerprint density at radius 1 is 1.44 bits per heavy atom. The van der Waals surface area contributed by atoms with Gasteiger partial charge in [-0.15, -0.1) is 0 Å². The van der Waals surface area contributed by atoms with Crippen molar-refractivity contribution in [1.29, 1.82) is 0 Å². The zero-order valence-corrected chi connectivity index (χ0v) is 12.2. The number of carbonyl (C=O) groups is 1.